The van der Waals surface area contributed by atoms with Crippen LogP contribution in [0.5, 0.6) is 0 Å². The Labute approximate surface area is 354 Å². The molecule has 11 aromatic rings. The lowest BCUT2D eigenvalue weighted by Crippen LogP contribution is -2.36. The fraction of sp³-hybridized carbons (Fsp3) is 0.0169. The maximum atomic E-state index is 2.46. The zero-order valence-corrected chi connectivity index (χ0v) is 33.3. The van der Waals surface area contributed by atoms with Gasteiger partial charge in [0.15, 0.2) is 0 Å². The van der Waals surface area contributed by atoms with Crippen molar-refractivity contribution in [2.75, 3.05) is 4.90 Å². The van der Waals surface area contributed by atoms with Crippen LogP contribution < -0.4 is 4.90 Å². The molecule has 1 spiro atoms. The van der Waals surface area contributed by atoms with Crippen molar-refractivity contribution in [2.45, 2.75) is 5.41 Å². The van der Waals surface area contributed by atoms with Crippen molar-refractivity contribution in [2.24, 2.45) is 0 Å². The maximum absolute atomic E-state index is 2.46. The first kappa shape index (κ1) is 34.0. The Morgan fingerprint density at radius 3 is 1.57 bits per heavy atom. The lowest BCUT2D eigenvalue weighted by molar-refractivity contribution is 0.745. The molecular weight excluding hydrogens is 737 g/mol. The van der Waals surface area contributed by atoms with Gasteiger partial charge in [-0.3, -0.25) is 0 Å². The number of hydrogen-bond acceptors (Lipinski definition) is 1. The molecule has 0 saturated heterocycles. The summed E-state index contributed by atoms with van der Waals surface area (Å²) in [4.78, 5) is 2.35. The van der Waals surface area contributed by atoms with Crippen molar-refractivity contribution in [3.05, 3.63) is 253 Å². The molecule has 284 valence electrons. The predicted molar refractivity (Wildman–Crippen MR) is 255 cm³/mol. The molecule has 1 heterocycles. The fourth-order valence-electron chi connectivity index (χ4n) is 10.7. The van der Waals surface area contributed by atoms with Crippen molar-refractivity contribution >= 4 is 49.6 Å². The summed E-state index contributed by atoms with van der Waals surface area (Å²) in [6.45, 7) is 0. The molecule has 0 saturated carbocycles. The SMILES string of the molecule is c1ccc(N(c2ccc(-c3ccc4c(c3)C3(c5ccccc5-4)c4cccc5cccc3c45)cc2)c2ccc(-c3ccc4c(c3)c3ccccc3n4-c3ccccc3)cc2)cc1. The molecule has 0 unspecified atom stereocenters. The van der Waals surface area contributed by atoms with Gasteiger partial charge in [0, 0.05) is 33.5 Å². The fourth-order valence-corrected chi connectivity index (χ4v) is 10.7. The van der Waals surface area contributed by atoms with Crippen LogP contribution in [0.25, 0.3) is 71.6 Å². The minimum absolute atomic E-state index is 0.249. The van der Waals surface area contributed by atoms with Crippen LogP contribution in [-0.4, -0.2) is 4.57 Å². The van der Waals surface area contributed by atoms with E-state index in [1.54, 1.807) is 0 Å². The van der Waals surface area contributed by atoms with Gasteiger partial charge < -0.3 is 9.47 Å². The van der Waals surface area contributed by atoms with Crippen LogP contribution in [0.15, 0.2) is 231 Å². The standard InChI is InChI=1S/C59H38N2/c1-3-15-44(16-4-1)60(46-31-25-39(26-32-46)42-30-36-57-51(37-42)50-20-8-10-24-56(50)61(57)45-17-5-2-6-18-45)47-33-27-40(28-34-47)43-29-35-49-48-19-7-9-21-52(48)59(55(49)38-43)53-22-11-13-41-14-12-23-54(59)58(41)53/h1-38H. The van der Waals surface area contributed by atoms with E-state index in [4.69, 9.17) is 0 Å². The van der Waals surface area contributed by atoms with Gasteiger partial charge in [0.2, 0.25) is 0 Å². The van der Waals surface area contributed by atoms with Gasteiger partial charge in [0.1, 0.15) is 0 Å². The number of aromatic nitrogens is 1. The van der Waals surface area contributed by atoms with Crippen LogP contribution >= 0.6 is 0 Å². The van der Waals surface area contributed by atoms with Crippen molar-refractivity contribution in [3.63, 3.8) is 0 Å². The van der Waals surface area contributed by atoms with E-state index in [2.05, 4.69) is 240 Å². The number of hydrogen-bond donors (Lipinski definition) is 0. The number of fused-ring (bicyclic) bond motifs is 10. The highest BCUT2D eigenvalue weighted by Crippen LogP contribution is 2.64. The van der Waals surface area contributed by atoms with Crippen LogP contribution in [-0.2, 0) is 5.41 Å². The molecule has 2 aliphatic rings. The molecule has 2 aliphatic carbocycles. The lowest BCUT2D eigenvalue weighted by atomic mass is 9.58. The van der Waals surface area contributed by atoms with Crippen molar-refractivity contribution < 1.29 is 0 Å². The molecule has 0 bridgehead atoms. The number of para-hydroxylation sites is 3. The summed E-state index contributed by atoms with van der Waals surface area (Å²) >= 11 is 0. The van der Waals surface area contributed by atoms with Crippen LogP contribution in [0.3, 0.4) is 0 Å². The second-order valence-corrected chi connectivity index (χ2v) is 16.4. The van der Waals surface area contributed by atoms with Gasteiger partial charge in [0.25, 0.3) is 0 Å². The van der Waals surface area contributed by atoms with Gasteiger partial charge in [0.05, 0.1) is 16.4 Å². The van der Waals surface area contributed by atoms with E-state index in [0.717, 1.165) is 17.1 Å². The molecule has 0 amide bonds. The van der Waals surface area contributed by atoms with E-state index in [-0.39, 0.29) is 5.41 Å². The van der Waals surface area contributed by atoms with Crippen LogP contribution in [0, 0.1) is 0 Å². The Morgan fingerprint density at radius 1 is 0.328 bits per heavy atom. The highest BCUT2D eigenvalue weighted by Gasteiger charge is 2.53. The van der Waals surface area contributed by atoms with Gasteiger partial charge in [-0.15, -0.1) is 0 Å². The van der Waals surface area contributed by atoms with E-state index in [1.807, 2.05) is 0 Å². The second-order valence-electron chi connectivity index (χ2n) is 16.4. The Hall–Kier alpha value is -7.94. The topological polar surface area (TPSA) is 8.17 Å². The molecular formula is C59H38N2. The Kier molecular flexibility index (Phi) is 7.26. The Morgan fingerprint density at radius 2 is 0.852 bits per heavy atom. The van der Waals surface area contributed by atoms with Crippen LogP contribution in [0.1, 0.15) is 22.3 Å². The smallest absolute Gasteiger partial charge is 0.0725 e. The average Bonchev–Trinajstić information content (AvgIpc) is 3.83. The van der Waals surface area contributed by atoms with E-state index in [1.165, 1.54) is 93.9 Å². The number of rotatable bonds is 6. The predicted octanol–water partition coefficient (Wildman–Crippen LogP) is 15.4. The zero-order chi connectivity index (χ0) is 40.1. The van der Waals surface area contributed by atoms with Crippen molar-refractivity contribution in [1.29, 1.82) is 0 Å². The quantitative estimate of drug-likeness (QED) is 0.163. The van der Waals surface area contributed by atoms with E-state index < -0.39 is 0 Å². The van der Waals surface area contributed by atoms with Crippen LogP contribution in [0.4, 0.5) is 17.1 Å². The molecule has 0 fully saturated rings. The third-order valence-electron chi connectivity index (χ3n) is 13.4. The molecule has 61 heavy (non-hydrogen) atoms. The average molecular weight is 775 g/mol. The number of nitrogens with zero attached hydrogens (tertiary/aromatic N) is 2. The molecule has 2 nitrogen and oxygen atoms in total. The van der Waals surface area contributed by atoms with Crippen LogP contribution in [0.2, 0.25) is 0 Å². The minimum atomic E-state index is -0.249. The monoisotopic (exact) mass is 774 g/mol. The summed E-state index contributed by atoms with van der Waals surface area (Å²) < 4.78 is 2.37. The molecule has 0 radical (unpaired) electrons. The highest BCUT2D eigenvalue weighted by atomic mass is 15.1. The molecule has 10 aromatic carbocycles. The van der Waals surface area contributed by atoms with Crippen molar-refractivity contribution in [3.8, 4) is 39.1 Å². The lowest BCUT2D eigenvalue weighted by Gasteiger charge is -2.43. The Bertz CT molecular complexity index is 3470. The molecule has 0 N–H and O–H groups in total. The van der Waals surface area contributed by atoms with E-state index in [0.29, 0.717) is 0 Å². The summed E-state index contributed by atoms with van der Waals surface area (Å²) in [5, 5.41) is 5.24. The maximum Gasteiger partial charge on any atom is 0.0725 e. The third kappa shape index (κ3) is 4.85. The molecule has 2 heteroatoms. The highest BCUT2D eigenvalue weighted by molar-refractivity contribution is 6.10. The first-order valence-corrected chi connectivity index (χ1v) is 21.2. The summed E-state index contributed by atoms with van der Waals surface area (Å²) in [6, 6.07) is 84.8. The minimum Gasteiger partial charge on any atom is -0.311 e. The normalized spacial score (nSPS) is 13.0. The van der Waals surface area contributed by atoms with Crippen molar-refractivity contribution in [1.82, 2.24) is 4.57 Å². The summed E-state index contributed by atoms with van der Waals surface area (Å²) in [6.07, 6.45) is 0. The molecule has 1 aromatic heterocycles. The Balaban J connectivity index is 0.861. The molecule has 0 aliphatic heterocycles. The van der Waals surface area contributed by atoms with Gasteiger partial charge in [-0.05, 0) is 139 Å². The molecule has 0 atom stereocenters. The van der Waals surface area contributed by atoms with Gasteiger partial charge in [-0.1, -0.05) is 158 Å². The van der Waals surface area contributed by atoms with Gasteiger partial charge >= 0.3 is 0 Å². The molecule has 13 rings (SSSR count). The summed E-state index contributed by atoms with van der Waals surface area (Å²) in [5.41, 5.74) is 19.8. The van der Waals surface area contributed by atoms with E-state index >= 15 is 0 Å². The van der Waals surface area contributed by atoms with Gasteiger partial charge in [-0.2, -0.15) is 0 Å². The van der Waals surface area contributed by atoms with Gasteiger partial charge in [-0.25, -0.2) is 0 Å². The number of anilines is 3. The van der Waals surface area contributed by atoms with E-state index in [9.17, 15) is 0 Å². The number of benzene rings is 10. The largest absolute Gasteiger partial charge is 0.311 e. The first-order valence-electron chi connectivity index (χ1n) is 21.2. The summed E-state index contributed by atoms with van der Waals surface area (Å²) in [5.74, 6) is 0. The third-order valence-corrected chi connectivity index (χ3v) is 13.4. The second kappa shape index (κ2) is 13.0. The summed E-state index contributed by atoms with van der Waals surface area (Å²) in [7, 11) is 0. The first-order chi connectivity index (χ1) is 30.3. The zero-order valence-electron chi connectivity index (χ0n) is 33.3.